The van der Waals surface area contributed by atoms with Gasteiger partial charge in [-0.25, -0.2) is 4.79 Å². The third-order valence-corrected chi connectivity index (χ3v) is 17.1. The summed E-state index contributed by atoms with van der Waals surface area (Å²) in [5.41, 5.74) is -0.995. The predicted octanol–water partition coefficient (Wildman–Crippen LogP) is 13.0. The molecule has 5 aliphatic rings. The molecule has 9 atom stereocenters. The van der Waals surface area contributed by atoms with Crippen LogP contribution >= 0.6 is 0 Å². The minimum atomic E-state index is -0.969. The van der Waals surface area contributed by atoms with E-state index >= 15 is 0 Å². The number of aliphatic hydroxyl groups is 1. The van der Waals surface area contributed by atoms with Crippen LogP contribution in [-0.2, 0) is 23.7 Å². The Morgan fingerprint density at radius 1 is 0.649 bits per heavy atom. The molecule has 2 aliphatic heterocycles. The van der Waals surface area contributed by atoms with Gasteiger partial charge in [-0.3, -0.25) is 4.79 Å². The maximum absolute atomic E-state index is 11.8. The quantitative estimate of drug-likeness (QED) is 0.114. The molecule has 2 spiro atoms. The first-order valence-electron chi connectivity index (χ1n) is 21.8. The number of hydrogen-bond donors (Lipinski definition) is 1. The number of ether oxygens (including phenoxy) is 2. The summed E-state index contributed by atoms with van der Waals surface area (Å²) in [5, 5.41) is 10.9. The molecule has 4 fully saturated rings. The smallest absolute Gasteiger partial charge is 0 e. The van der Waals surface area contributed by atoms with Crippen molar-refractivity contribution in [2.75, 3.05) is 0 Å². The largest absolute Gasteiger partial charge is 0 e. The first-order chi connectivity index (χ1) is 25.3. The van der Waals surface area contributed by atoms with Gasteiger partial charge in [0.05, 0.1) is 0 Å². The van der Waals surface area contributed by atoms with Gasteiger partial charge >= 0.3 is 23.2 Å². The van der Waals surface area contributed by atoms with Crippen LogP contribution in [0.15, 0.2) is 12.2 Å². The first kappa shape index (κ1) is 51.1. The molecule has 1 saturated heterocycles. The van der Waals surface area contributed by atoms with Gasteiger partial charge in [-0.1, -0.05) is 151 Å². The summed E-state index contributed by atoms with van der Waals surface area (Å²) in [6.07, 6.45) is 16.8. The average Bonchev–Trinajstić information content (AvgIpc) is 3.82. The summed E-state index contributed by atoms with van der Waals surface area (Å²) in [6.45, 7) is 52.4. The second-order valence-electron chi connectivity index (χ2n) is 25.3. The van der Waals surface area contributed by atoms with Crippen molar-refractivity contribution in [3.8, 4) is 12.3 Å². The molecular weight excluding hydrogens is 709 g/mol. The van der Waals surface area contributed by atoms with Crippen LogP contribution in [0.25, 0.3) is 0 Å². The summed E-state index contributed by atoms with van der Waals surface area (Å²) < 4.78 is 19.3. The van der Waals surface area contributed by atoms with Gasteiger partial charge in [0.1, 0.15) is 16.8 Å². The van der Waals surface area contributed by atoms with Crippen LogP contribution in [-0.4, -0.2) is 33.8 Å². The van der Waals surface area contributed by atoms with Gasteiger partial charge in [0.25, 0.3) is 0 Å². The van der Waals surface area contributed by atoms with E-state index in [2.05, 4.69) is 158 Å². The topological polar surface area (TPSA) is 92.7 Å². The van der Waals surface area contributed by atoms with E-state index in [1.807, 2.05) is 6.08 Å². The minimum absolute atomic E-state index is 0. The molecule has 328 valence electrons. The number of carbonyl (C=O) groups is 2. The Hall–Kier alpha value is -2.06. The number of hydrogen-bond acceptors (Lipinski definition) is 5. The second-order valence-corrected chi connectivity index (χ2v) is 25.3. The second kappa shape index (κ2) is 15.8. The molecular formula is C51H88O6. The van der Waals surface area contributed by atoms with Crippen molar-refractivity contribution in [2.24, 2.45) is 66.5 Å². The summed E-state index contributed by atoms with van der Waals surface area (Å²) in [4.78, 5) is 23.4. The van der Waals surface area contributed by atoms with E-state index in [0.29, 0.717) is 24.2 Å². The average molecular weight is 797 g/mol. The zero-order valence-corrected chi connectivity index (χ0v) is 40.6. The van der Waals surface area contributed by atoms with E-state index in [1.165, 1.54) is 6.42 Å². The van der Waals surface area contributed by atoms with Crippen molar-refractivity contribution in [1.82, 2.24) is 0 Å². The fourth-order valence-corrected chi connectivity index (χ4v) is 13.3. The van der Waals surface area contributed by atoms with Crippen LogP contribution < -0.4 is 0 Å². The van der Waals surface area contributed by atoms with Gasteiger partial charge in [-0.2, -0.15) is 0 Å². The third-order valence-electron chi connectivity index (χ3n) is 17.1. The normalized spacial score (nSPS) is 38.1. The first-order valence-corrected chi connectivity index (χ1v) is 21.8. The summed E-state index contributed by atoms with van der Waals surface area (Å²) in [5.74, 6) is 4.09. The van der Waals surface area contributed by atoms with Crippen LogP contribution in [0.3, 0.4) is 0 Å². The fourth-order valence-electron chi connectivity index (χ4n) is 13.3. The molecule has 5 rings (SSSR count). The van der Waals surface area contributed by atoms with Crippen LogP contribution in [0.4, 0.5) is 0 Å². The number of carbonyl (C=O) groups excluding carboxylic acids is 2. The fraction of sp³-hybridized carbons (Fsp3) is 0.863. The maximum Gasteiger partial charge on any atom is 0 e. The van der Waals surface area contributed by atoms with Crippen LogP contribution in [0.1, 0.15) is 198 Å². The summed E-state index contributed by atoms with van der Waals surface area (Å²) in [6, 6.07) is 0. The van der Waals surface area contributed by atoms with Crippen LogP contribution in [0.5, 0.6) is 0 Å². The van der Waals surface area contributed by atoms with Gasteiger partial charge in [0, 0.05) is 30.2 Å². The van der Waals surface area contributed by atoms with Crippen molar-refractivity contribution in [2.45, 2.75) is 214 Å². The Morgan fingerprint density at radius 2 is 1.04 bits per heavy atom. The molecule has 1 N–H and O–H groups in total. The monoisotopic (exact) mass is 797 g/mol. The summed E-state index contributed by atoms with van der Waals surface area (Å²) in [7, 11) is 0. The maximum atomic E-state index is 11.8. The molecule has 6 nitrogen and oxygen atoms in total. The molecule has 3 unspecified atom stereocenters. The van der Waals surface area contributed by atoms with Crippen molar-refractivity contribution in [1.29, 1.82) is 0 Å². The SMILES string of the molecule is C#C[C@]1(O)CCC(C(C)(C)C)[C@]1(C)C(C)(C)C.CC(C)(C)C1CC[C@@]2(C=CC(=O)O2)[C@@]1(C)C(C)(C)C.CC(C)(C)C1CC[C@@]2(CCC(=O)O2)[C@@]1(C)C(C)(C)C.[C-]#[O+].[HH]. The Morgan fingerprint density at radius 3 is 1.37 bits per heavy atom. The third kappa shape index (κ3) is 8.49. The standard InChI is InChI=1S/C17H30O2.C17H28O2.C16H28O.CO.H2/c2*1-14(2,3)12-8-10-17(11-9-13(18)19-17)16(12,7)15(4,5)6;1-9-16(17)11-10-12(13(2,3)4)15(16,8)14(5,6)7;1-2;/h12H,8-11H2,1-7H3;9,11-12H,8,10H2,1-7H3;1,12,17H,10-11H2,2-8H3;;1H/t2*12?,16-,17-;12?,15-,16+;;/m111../s1. The van der Waals surface area contributed by atoms with Crippen LogP contribution in [0, 0.1) is 85.5 Å². The number of terminal acetylenes is 1. The molecule has 0 aromatic heterocycles. The molecule has 2 heterocycles. The Bertz CT molecular complexity index is 1560. The molecule has 6 heteroatoms. The van der Waals surface area contributed by atoms with Crippen molar-refractivity contribution in [3.63, 3.8) is 0 Å². The van der Waals surface area contributed by atoms with Crippen molar-refractivity contribution in [3.05, 3.63) is 18.8 Å². The van der Waals surface area contributed by atoms with Crippen molar-refractivity contribution >= 4 is 11.9 Å². The molecule has 0 radical (unpaired) electrons. The van der Waals surface area contributed by atoms with Gasteiger partial charge < -0.3 is 14.6 Å². The zero-order chi connectivity index (χ0) is 45.1. The predicted molar refractivity (Wildman–Crippen MR) is 235 cm³/mol. The Kier molecular flexibility index (Phi) is 14.1. The minimum Gasteiger partial charge on any atom is 0 e. The van der Waals surface area contributed by atoms with Gasteiger partial charge in [-0.15, -0.1) is 6.42 Å². The molecule has 0 bridgehead atoms. The molecule has 3 saturated carbocycles. The Balaban J connectivity index is 0.000000423. The van der Waals surface area contributed by atoms with Gasteiger partial charge in [0.2, 0.25) is 0 Å². The number of rotatable bonds is 0. The van der Waals surface area contributed by atoms with Crippen LogP contribution in [0.2, 0.25) is 0 Å². The van der Waals surface area contributed by atoms with E-state index in [-0.39, 0.29) is 67.7 Å². The van der Waals surface area contributed by atoms with Gasteiger partial charge in [-0.05, 0) is 101 Å². The van der Waals surface area contributed by atoms with E-state index in [4.69, 9.17) is 20.5 Å². The molecule has 3 aliphatic carbocycles. The number of esters is 2. The molecule has 0 amide bonds. The van der Waals surface area contributed by atoms with E-state index in [9.17, 15) is 14.7 Å². The molecule has 57 heavy (non-hydrogen) atoms. The Labute approximate surface area is 352 Å². The van der Waals surface area contributed by atoms with E-state index in [0.717, 1.165) is 38.5 Å². The van der Waals surface area contributed by atoms with Crippen molar-refractivity contribution < 1.29 is 30.2 Å². The van der Waals surface area contributed by atoms with E-state index < -0.39 is 11.2 Å². The van der Waals surface area contributed by atoms with Gasteiger partial charge in [0.15, 0.2) is 0 Å². The molecule has 0 aromatic rings. The molecule has 0 aromatic carbocycles. The summed E-state index contributed by atoms with van der Waals surface area (Å²) >= 11 is 0. The zero-order valence-electron chi connectivity index (χ0n) is 40.6. The van der Waals surface area contributed by atoms with E-state index in [1.54, 1.807) is 6.08 Å².